The summed E-state index contributed by atoms with van der Waals surface area (Å²) in [5.74, 6) is -0.323. The highest BCUT2D eigenvalue weighted by molar-refractivity contribution is 5.95. The molecule has 0 saturated heterocycles. The van der Waals surface area contributed by atoms with Crippen molar-refractivity contribution in [1.29, 1.82) is 0 Å². The van der Waals surface area contributed by atoms with E-state index in [-0.39, 0.29) is 22.8 Å². The van der Waals surface area contributed by atoms with Gasteiger partial charge in [-0.25, -0.2) is 0 Å². The van der Waals surface area contributed by atoms with Crippen LogP contribution in [0.1, 0.15) is 48.9 Å². The van der Waals surface area contributed by atoms with Gasteiger partial charge in [0.15, 0.2) is 0 Å². The van der Waals surface area contributed by atoms with Crippen molar-refractivity contribution in [3.05, 3.63) is 33.9 Å². The number of nitrogen functional groups attached to an aromatic ring is 1. The third-order valence-electron chi connectivity index (χ3n) is 4.19. The van der Waals surface area contributed by atoms with Crippen molar-refractivity contribution in [2.75, 3.05) is 18.8 Å². The lowest BCUT2D eigenvalue weighted by Crippen LogP contribution is -2.36. The van der Waals surface area contributed by atoms with Gasteiger partial charge in [0.05, 0.1) is 4.92 Å². The summed E-state index contributed by atoms with van der Waals surface area (Å²) in [6.07, 6.45) is 7.53. The molecule has 2 rings (SSSR count). The van der Waals surface area contributed by atoms with Gasteiger partial charge in [0.1, 0.15) is 5.69 Å². The number of amides is 1. The van der Waals surface area contributed by atoms with Crippen LogP contribution in [0, 0.1) is 10.1 Å². The molecule has 23 heavy (non-hydrogen) atoms. The van der Waals surface area contributed by atoms with Crippen LogP contribution in [0.5, 0.6) is 0 Å². The third-order valence-corrected chi connectivity index (χ3v) is 4.19. The minimum atomic E-state index is -0.584. The number of hydrogen-bond donors (Lipinski definition) is 3. The van der Waals surface area contributed by atoms with E-state index in [1.807, 2.05) is 0 Å². The number of carbonyl (C=O) groups excluding carboxylic acids is 1. The van der Waals surface area contributed by atoms with Crippen molar-refractivity contribution in [3.8, 4) is 0 Å². The molecule has 126 valence electrons. The molecule has 1 saturated carbocycles. The molecule has 1 aliphatic carbocycles. The number of rotatable bonds is 6. The molecule has 7 nitrogen and oxygen atoms in total. The predicted molar refractivity (Wildman–Crippen MR) is 89.3 cm³/mol. The fourth-order valence-electron chi connectivity index (χ4n) is 2.88. The number of nitrogens with one attached hydrogen (secondary N) is 2. The Labute approximate surface area is 135 Å². The molecule has 0 atom stereocenters. The molecule has 1 aromatic rings. The maximum atomic E-state index is 12.0. The Morgan fingerprint density at radius 1 is 1.22 bits per heavy atom. The van der Waals surface area contributed by atoms with Gasteiger partial charge in [-0.2, -0.15) is 0 Å². The summed E-state index contributed by atoms with van der Waals surface area (Å²) < 4.78 is 0. The monoisotopic (exact) mass is 320 g/mol. The van der Waals surface area contributed by atoms with E-state index in [2.05, 4.69) is 10.6 Å². The maximum Gasteiger partial charge on any atom is 0.292 e. The zero-order valence-electron chi connectivity index (χ0n) is 13.2. The zero-order chi connectivity index (χ0) is 16.7. The summed E-state index contributed by atoms with van der Waals surface area (Å²) in [6, 6.07) is 4.63. The lowest BCUT2D eigenvalue weighted by Gasteiger charge is -2.16. The summed E-state index contributed by atoms with van der Waals surface area (Å²) in [7, 11) is 0. The standard InChI is InChI=1S/C16H24N4O3/c17-14-8-7-12(11-15(14)20(22)23)16(21)19-10-9-18-13-5-3-1-2-4-6-13/h7-8,11,13,18H,1-6,9-10,17H2,(H,19,21). The lowest BCUT2D eigenvalue weighted by molar-refractivity contribution is -0.383. The van der Waals surface area contributed by atoms with Crippen molar-refractivity contribution < 1.29 is 9.72 Å². The lowest BCUT2D eigenvalue weighted by atomic mass is 10.1. The second kappa shape index (κ2) is 8.47. The number of anilines is 1. The molecule has 1 aliphatic rings. The van der Waals surface area contributed by atoms with Crippen LogP contribution in [-0.4, -0.2) is 30.0 Å². The number of nitro benzene ring substituents is 1. The Hall–Kier alpha value is -2.15. The van der Waals surface area contributed by atoms with Gasteiger partial charge in [0, 0.05) is 30.8 Å². The molecule has 4 N–H and O–H groups in total. The number of carbonyl (C=O) groups is 1. The molecule has 1 amide bonds. The summed E-state index contributed by atoms with van der Waals surface area (Å²) in [5.41, 5.74) is 5.59. The van der Waals surface area contributed by atoms with Crippen molar-refractivity contribution >= 4 is 17.3 Å². The normalized spacial score (nSPS) is 15.8. The second-order valence-corrected chi connectivity index (χ2v) is 5.93. The molecule has 0 heterocycles. The van der Waals surface area contributed by atoms with Crippen LogP contribution in [0.25, 0.3) is 0 Å². The molecule has 0 aliphatic heterocycles. The molecule has 0 unspecified atom stereocenters. The first-order valence-electron chi connectivity index (χ1n) is 8.13. The molecule has 0 spiro atoms. The van der Waals surface area contributed by atoms with Gasteiger partial charge in [-0.1, -0.05) is 25.7 Å². The molecule has 0 aromatic heterocycles. The number of benzene rings is 1. The van der Waals surface area contributed by atoms with Crippen molar-refractivity contribution in [3.63, 3.8) is 0 Å². The molecular formula is C16H24N4O3. The molecular weight excluding hydrogens is 296 g/mol. The van der Waals surface area contributed by atoms with E-state index in [9.17, 15) is 14.9 Å². The highest BCUT2D eigenvalue weighted by Crippen LogP contribution is 2.22. The van der Waals surface area contributed by atoms with Gasteiger partial charge in [-0.3, -0.25) is 14.9 Å². The van der Waals surface area contributed by atoms with Crippen LogP contribution < -0.4 is 16.4 Å². The van der Waals surface area contributed by atoms with Gasteiger partial charge < -0.3 is 16.4 Å². The first kappa shape index (κ1) is 17.2. The molecule has 1 aromatic carbocycles. The Morgan fingerprint density at radius 2 is 1.91 bits per heavy atom. The molecule has 1 fully saturated rings. The minimum Gasteiger partial charge on any atom is -0.393 e. The number of hydrogen-bond acceptors (Lipinski definition) is 5. The summed E-state index contributed by atoms with van der Waals surface area (Å²) >= 11 is 0. The van der Waals surface area contributed by atoms with Crippen LogP contribution in [-0.2, 0) is 0 Å². The van der Waals surface area contributed by atoms with Gasteiger partial charge in [0.2, 0.25) is 0 Å². The topological polar surface area (TPSA) is 110 Å². The number of nitrogens with zero attached hydrogens (tertiary/aromatic N) is 1. The second-order valence-electron chi connectivity index (χ2n) is 5.93. The van der Waals surface area contributed by atoms with E-state index < -0.39 is 4.92 Å². The SMILES string of the molecule is Nc1ccc(C(=O)NCCNC2CCCCCC2)cc1[N+](=O)[O-]. The van der Waals surface area contributed by atoms with Gasteiger partial charge in [0.25, 0.3) is 11.6 Å². The highest BCUT2D eigenvalue weighted by atomic mass is 16.6. The van der Waals surface area contributed by atoms with Crippen LogP contribution in [0.15, 0.2) is 18.2 Å². The summed E-state index contributed by atoms with van der Waals surface area (Å²) in [5, 5.41) is 17.1. The highest BCUT2D eigenvalue weighted by Gasteiger charge is 2.15. The minimum absolute atomic E-state index is 0.0570. The van der Waals surface area contributed by atoms with Gasteiger partial charge in [-0.15, -0.1) is 0 Å². The van der Waals surface area contributed by atoms with Crippen LogP contribution >= 0.6 is 0 Å². The van der Waals surface area contributed by atoms with E-state index in [4.69, 9.17) is 5.73 Å². The number of nitro groups is 1. The summed E-state index contributed by atoms with van der Waals surface area (Å²) in [4.78, 5) is 22.3. The van der Waals surface area contributed by atoms with E-state index in [0.717, 1.165) is 0 Å². The Kier molecular flexibility index (Phi) is 6.34. The first-order valence-corrected chi connectivity index (χ1v) is 8.13. The Morgan fingerprint density at radius 3 is 2.57 bits per heavy atom. The van der Waals surface area contributed by atoms with Crippen LogP contribution in [0.3, 0.4) is 0 Å². The maximum absolute atomic E-state index is 12.0. The van der Waals surface area contributed by atoms with Crippen molar-refractivity contribution in [2.24, 2.45) is 0 Å². The average Bonchev–Trinajstić information content (AvgIpc) is 2.80. The Bertz CT molecular complexity index is 554. The van der Waals surface area contributed by atoms with Gasteiger partial charge in [-0.05, 0) is 25.0 Å². The van der Waals surface area contributed by atoms with Crippen LogP contribution in [0.4, 0.5) is 11.4 Å². The molecule has 7 heteroatoms. The largest absolute Gasteiger partial charge is 0.393 e. The quantitative estimate of drug-likeness (QED) is 0.245. The van der Waals surface area contributed by atoms with Crippen LogP contribution in [0.2, 0.25) is 0 Å². The van der Waals surface area contributed by atoms with Crippen molar-refractivity contribution in [2.45, 2.75) is 44.6 Å². The smallest absolute Gasteiger partial charge is 0.292 e. The zero-order valence-corrected chi connectivity index (χ0v) is 13.2. The third kappa shape index (κ3) is 5.21. The number of nitrogens with two attached hydrogens (primary N) is 1. The fourth-order valence-corrected chi connectivity index (χ4v) is 2.88. The fraction of sp³-hybridized carbons (Fsp3) is 0.562. The van der Waals surface area contributed by atoms with E-state index in [0.29, 0.717) is 19.1 Å². The molecule has 0 bridgehead atoms. The average molecular weight is 320 g/mol. The van der Waals surface area contributed by atoms with E-state index in [1.54, 1.807) is 0 Å². The van der Waals surface area contributed by atoms with E-state index in [1.165, 1.54) is 56.7 Å². The first-order chi connectivity index (χ1) is 11.1. The summed E-state index contributed by atoms with van der Waals surface area (Å²) in [6.45, 7) is 1.20. The van der Waals surface area contributed by atoms with Gasteiger partial charge >= 0.3 is 0 Å². The molecule has 0 radical (unpaired) electrons. The van der Waals surface area contributed by atoms with E-state index >= 15 is 0 Å². The predicted octanol–water partition coefficient (Wildman–Crippen LogP) is 2.22. The van der Waals surface area contributed by atoms with Crippen molar-refractivity contribution in [1.82, 2.24) is 10.6 Å². The Balaban J connectivity index is 1.78.